The number of carbonyl (C=O) groups excluding carboxylic acids is 1. The lowest BCUT2D eigenvalue weighted by Crippen LogP contribution is -2.07. The van der Waals surface area contributed by atoms with Crippen molar-refractivity contribution in [2.45, 2.75) is 32.6 Å². The predicted molar refractivity (Wildman–Crippen MR) is 81.9 cm³/mol. The molecule has 0 amide bonds. The van der Waals surface area contributed by atoms with Gasteiger partial charge in [0.1, 0.15) is 11.4 Å². The third kappa shape index (κ3) is 2.97. The first-order valence-corrected chi connectivity index (χ1v) is 7.49. The van der Waals surface area contributed by atoms with E-state index in [0.717, 1.165) is 37.2 Å². The number of fused-ring (bicyclic) bond motifs is 1. The summed E-state index contributed by atoms with van der Waals surface area (Å²) in [6.45, 7) is 2.82. The van der Waals surface area contributed by atoms with Gasteiger partial charge in [-0.15, -0.1) is 0 Å². The van der Waals surface area contributed by atoms with Crippen LogP contribution < -0.4 is 4.74 Å². The van der Waals surface area contributed by atoms with Crippen LogP contribution in [-0.2, 0) is 19.3 Å². The van der Waals surface area contributed by atoms with E-state index in [1.807, 2.05) is 25.1 Å². The molecule has 0 radical (unpaired) electrons. The summed E-state index contributed by atoms with van der Waals surface area (Å²) in [5, 5.41) is 0. The highest BCUT2D eigenvalue weighted by Crippen LogP contribution is 2.26. The Morgan fingerprint density at radius 3 is 3.10 bits per heavy atom. The summed E-state index contributed by atoms with van der Waals surface area (Å²) in [6, 6.07) is 10.1. The number of aryl methyl sites for hydroxylation is 2. The van der Waals surface area contributed by atoms with Gasteiger partial charge in [0.15, 0.2) is 5.78 Å². The minimum Gasteiger partial charge on any atom is -0.493 e. The van der Waals surface area contributed by atoms with Gasteiger partial charge < -0.3 is 4.74 Å². The van der Waals surface area contributed by atoms with Gasteiger partial charge in [-0.1, -0.05) is 25.1 Å². The first kappa shape index (κ1) is 13.8. The van der Waals surface area contributed by atoms with E-state index >= 15 is 0 Å². The quantitative estimate of drug-likeness (QED) is 0.789. The molecule has 0 bridgehead atoms. The van der Waals surface area contributed by atoms with E-state index in [9.17, 15) is 4.79 Å². The SMILES string of the molecule is CCc1cccnc1C(=O)CCc1ccc2c(c1)CCO2. The molecule has 0 aliphatic carbocycles. The Morgan fingerprint density at radius 1 is 1.33 bits per heavy atom. The number of rotatable bonds is 5. The number of carbonyl (C=O) groups is 1. The van der Waals surface area contributed by atoms with E-state index < -0.39 is 0 Å². The number of benzene rings is 1. The fourth-order valence-electron chi connectivity index (χ4n) is 2.75. The van der Waals surface area contributed by atoms with Crippen LogP contribution in [0.5, 0.6) is 5.75 Å². The van der Waals surface area contributed by atoms with Crippen LogP contribution in [0.3, 0.4) is 0 Å². The summed E-state index contributed by atoms with van der Waals surface area (Å²) < 4.78 is 5.50. The van der Waals surface area contributed by atoms with Gasteiger partial charge in [-0.25, -0.2) is 0 Å². The van der Waals surface area contributed by atoms with E-state index in [4.69, 9.17) is 4.74 Å². The second-order valence-corrected chi connectivity index (χ2v) is 5.33. The van der Waals surface area contributed by atoms with Gasteiger partial charge >= 0.3 is 0 Å². The monoisotopic (exact) mass is 281 g/mol. The Kier molecular flexibility index (Phi) is 4.00. The number of ketones is 1. The second-order valence-electron chi connectivity index (χ2n) is 5.33. The Bertz CT molecular complexity index is 664. The maximum atomic E-state index is 12.3. The van der Waals surface area contributed by atoms with Crippen molar-refractivity contribution in [1.82, 2.24) is 4.98 Å². The molecular weight excluding hydrogens is 262 g/mol. The van der Waals surface area contributed by atoms with Gasteiger partial charge in [0.05, 0.1) is 6.61 Å². The molecule has 21 heavy (non-hydrogen) atoms. The van der Waals surface area contributed by atoms with E-state index in [1.54, 1.807) is 6.20 Å². The summed E-state index contributed by atoms with van der Waals surface area (Å²) in [5.74, 6) is 1.12. The van der Waals surface area contributed by atoms with E-state index in [0.29, 0.717) is 12.1 Å². The summed E-state index contributed by atoms with van der Waals surface area (Å²) in [6.07, 6.45) is 4.76. The summed E-state index contributed by atoms with van der Waals surface area (Å²) in [5.41, 5.74) is 4.11. The van der Waals surface area contributed by atoms with Crippen LogP contribution in [0.25, 0.3) is 0 Å². The number of aromatic nitrogens is 1. The Balaban J connectivity index is 1.68. The molecule has 1 aliphatic heterocycles. The molecule has 0 unspecified atom stereocenters. The highest BCUT2D eigenvalue weighted by atomic mass is 16.5. The van der Waals surface area contributed by atoms with Crippen LogP contribution in [-0.4, -0.2) is 17.4 Å². The smallest absolute Gasteiger partial charge is 0.181 e. The van der Waals surface area contributed by atoms with Gasteiger partial charge in [-0.2, -0.15) is 0 Å². The fraction of sp³-hybridized carbons (Fsp3) is 0.333. The molecular formula is C18H19NO2. The van der Waals surface area contributed by atoms with Crippen molar-refractivity contribution in [2.24, 2.45) is 0 Å². The highest BCUT2D eigenvalue weighted by Gasteiger charge is 2.14. The topological polar surface area (TPSA) is 39.2 Å². The molecule has 0 saturated carbocycles. The van der Waals surface area contributed by atoms with E-state index in [2.05, 4.69) is 17.1 Å². The van der Waals surface area contributed by atoms with Crippen LogP contribution >= 0.6 is 0 Å². The number of hydrogen-bond acceptors (Lipinski definition) is 3. The molecule has 1 aliphatic rings. The van der Waals surface area contributed by atoms with Crippen molar-refractivity contribution >= 4 is 5.78 Å². The van der Waals surface area contributed by atoms with Crippen molar-refractivity contribution in [1.29, 1.82) is 0 Å². The Morgan fingerprint density at radius 2 is 2.24 bits per heavy atom. The molecule has 0 saturated heterocycles. The average molecular weight is 281 g/mol. The van der Waals surface area contributed by atoms with Crippen molar-refractivity contribution in [2.75, 3.05) is 6.61 Å². The molecule has 0 spiro atoms. The van der Waals surface area contributed by atoms with E-state index in [-0.39, 0.29) is 5.78 Å². The molecule has 0 fully saturated rings. The maximum absolute atomic E-state index is 12.3. The number of nitrogens with zero attached hydrogens (tertiary/aromatic N) is 1. The molecule has 2 aromatic rings. The van der Waals surface area contributed by atoms with Gasteiger partial charge in [-0.05, 0) is 41.7 Å². The van der Waals surface area contributed by atoms with Crippen molar-refractivity contribution in [3.8, 4) is 5.75 Å². The lowest BCUT2D eigenvalue weighted by molar-refractivity contribution is 0.0977. The summed E-state index contributed by atoms with van der Waals surface area (Å²) in [7, 11) is 0. The van der Waals surface area contributed by atoms with Gasteiger partial charge in [0.25, 0.3) is 0 Å². The third-order valence-corrected chi connectivity index (χ3v) is 3.93. The van der Waals surface area contributed by atoms with Crippen molar-refractivity contribution in [3.05, 3.63) is 58.9 Å². The molecule has 2 heterocycles. The average Bonchev–Trinajstić information content (AvgIpc) is 3.00. The number of ether oxygens (including phenoxy) is 1. The normalized spacial score (nSPS) is 12.8. The Labute approximate surface area is 125 Å². The van der Waals surface area contributed by atoms with Crippen LogP contribution in [0.1, 0.15) is 40.5 Å². The minimum absolute atomic E-state index is 0.129. The first-order valence-electron chi connectivity index (χ1n) is 7.49. The zero-order chi connectivity index (χ0) is 14.7. The first-order chi connectivity index (χ1) is 10.3. The molecule has 0 atom stereocenters. The molecule has 1 aromatic heterocycles. The zero-order valence-corrected chi connectivity index (χ0v) is 12.3. The molecule has 3 rings (SSSR count). The minimum atomic E-state index is 0.129. The number of Topliss-reactive ketones (excluding diaryl/α,β-unsaturated/α-hetero) is 1. The molecule has 3 nitrogen and oxygen atoms in total. The lowest BCUT2D eigenvalue weighted by atomic mass is 10.0. The molecule has 1 aromatic carbocycles. The lowest BCUT2D eigenvalue weighted by Gasteiger charge is -2.06. The zero-order valence-electron chi connectivity index (χ0n) is 12.3. The molecule has 3 heteroatoms. The van der Waals surface area contributed by atoms with Gasteiger partial charge in [0.2, 0.25) is 0 Å². The number of pyridine rings is 1. The van der Waals surface area contributed by atoms with E-state index in [1.165, 1.54) is 11.1 Å². The second kappa shape index (κ2) is 6.08. The van der Waals surface area contributed by atoms with Gasteiger partial charge in [0, 0.05) is 19.0 Å². The van der Waals surface area contributed by atoms with Crippen LogP contribution in [0, 0.1) is 0 Å². The maximum Gasteiger partial charge on any atom is 0.181 e. The van der Waals surface area contributed by atoms with Crippen LogP contribution in [0.15, 0.2) is 36.5 Å². The van der Waals surface area contributed by atoms with Crippen molar-refractivity contribution < 1.29 is 9.53 Å². The van der Waals surface area contributed by atoms with Crippen LogP contribution in [0.4, 0.5) is 0 Å². The van der Waals surface area contributed by atoms with Crippen LogP contribution in [0.2, 0.25) is 0 Å². The molecule has 0 N–H and O–H groups in total. The highest BCUT2D eigenvalue weighted by molar-refractivity contribution is 5.95. The van der Waals surface area contributed by atoms with Gasteiger partial charge in [-0.3, -0.25) is 9.78 Å². The summed E-state index contributed by atoms with van der Waals surface area (Å²) in [4.78, 5) is 16.6. The standard InChI is InChI=1S/C18H19NO2/c1-2-14-4-3-10-19-18(14)16(20)7-5-13-6-8-17-15(12-13)9-11-21-17/h3-4,6,8,10,12H,2,5,7,9,11H2,1H3. The Hall–Kier alpha value is -2.16. The predicted octanol–water partition coefficient (Wildman–Crippen LogP) is 3.39. The third-order valence-electron chi connectivity index (χ3n) is 3.93. The number of hydrogen-bond donors (Lipinski definition) is 0. The largest absolute Gasteiger partial charge is 0.493 e. The van der Waals surface area contributed by atoms with Crippen molar-refractivity contribution in [3.63, 3.8) is 0 Å². The summed E-state index contributed by atoms with van der Waals surface area (Å²) >= 11 is 0. The fourth-order valence-corrected chi connectivity index (χ4v) is 2.75. The molecule has 108 valence electrons.